The van der Waals surface area contributed by atoms with Crippen molar-refractivity contribution in [2.45, 2.75) is 209 Å². The number of carbonyl (C=O) groups is 10. The van der Waals surface area contributed by atoms with Crippen LogP contribution in [0.25, 0.3) is 0 Å². The van der Waals surface area contributed by atoms with Gasteiger partial charge in [0.05, 0.1) is 55.5 Å². The maximum atomic E-state index is 14.9. The molecule has 1 saturated heterocycles. The molecule has 0 saturated carbocycles. The van der Waals surface area contributed by atoms with E-state index < -0.39 is 96.5 Å². The lowest BCUT2D eigenvalue weighted by Gasteiger charge is -2.41. The van der Waals surface area contributed by atoms with Crippen LogP contribution < -0.4 is 21.7 Å². The molecule has 1 fully saturated rings. The predicted molar refractivity (Wildman–Crippen MR) is 377 cm³/mol. The number of aliphatic hydroxyl groups excluding tert-OH is 1. The molecular weight excluding hydrogens is 1280 g/mol. The number of nitrogens with zero attached hydrogens (tertiary/aromatic N) is 3. The Morgan fingerprint density at radius 1 is 0.784 bits per heavy atom. The first-order valence-electron chi connectivity index (χ1n) is 34.2. The summed E-state index contributed by atoms with van der Waals surface area (Å²) in [6, 6.07) is 12.0. The molecule has 7 amide bonds. The van der Waals surface area contributed by atoms with Gasteiger partial charge in [0.2, 0.25) is 23.6 Å². The largest absolute Gasteiger partial charge is 0.445 e. The molecule has 23 nitrogen and oxygen atoms in total. The van der Waals surface area contributed by atoms with Crippen LogP contribution in [0.1, 0.15) is 177 Å². The van der Waals surface area contributed by atoms with Gasteiger partial charge in [-0.15, -0.1) is 6.42 Å². The quantitative estimate of drug-likeness (QED) is 0.0234. The SMILES string of the molecule is C#CP(=O)(OCC)SCCCC(=O)CCC(=O)N[C@H](C(=O)C[C@@H](CCCNC(N)=O)C(=O)Nc1ccc(COC(=O)N(C)[C@H](C(=O)C[C@@H](C(=O)N(C)[C@H]([C@H](C)CC)[C@H](CC(=O)N2CCC[C@@H]2[C@@H](OC)[C@H](C)C(=O)C[C@@H](C)[C@H](O)c2ccccc2)OC)C(C)C)C(C)C)cc1)C(C)C. The first kappa shape index (κ1) is 84.7. The molecule has 1 aliphatic rings. The summed E-state index contributed by atoms with van der Waals surface area (Å²) in [7, 11) is 6.22. The summed E-state index contributed by atoms with van der Waals surface area (Å²) in [4.78, 5) is 141. The number of Topliss-reactive ketones (excluding diaryl/α,β-unsaturated/α-hetero) is 4. The first-order valence-corrected chi connectivity index (χ1v) is 37.4. The lowest BCUT2D eigenvalue weighted by atomic mass is 9.83. The normalized spacial score (nSPS) is 17.2. The summed E-state index contributed by atoms with van der Waals surface area (Å²) in [6.07, 6.45) is 4.74. The molecule has 2 aromatic rings. The van der Waals surface area contributed by atoms with Crippen molar-refractivity contribution in [2.24, 2.45) is 53.1 Å². The molecule has 1 heterocycles. The van der Waals surface area contributed by atoms with Gasteiger partial charge in [-0.2, -0.15) is 0 Å². The van der Waals surface area contributed by atoms with Crippen LogP contribution in [0.5, 0.6) is 0 Å². The van der Waals surface area contributed by atoms with E-state index in [2.05, 4.69) is 21.6 Å². The Kier molecular flexibility index (Phi) is 37.1. The van der Waals surface area contributed by atoms with Crippen LogP contribution in [0.3, 0.4) is 0 Å². The Hall–Kier alpha value is -6.48. The number of benzene rings is 2. The predicted octanol–water partition coefficient (Wildman–Crippen LogP) is 10.5. The van der Waals surface area contributed by atoms with Crippen molar-refractivity contribution in [3.8, 4) is 12.1 Å². The van der Waals surface area contributed by atoms with E-state index in [9.17, 15) is 57.6 Å². The standard InChI is InChI=1S/C72H112N7O16PS/c1-17-48(10)66(61(92-15)43-63(85)79-38-24-30-57(79)68(93-16)50(12)58(81)40-49(11)67(86)52-26-21-20-22-27-52)77(13)70(88)56(45(4)5)42-60(83)65(47(8)9)78(14)72(90)94-44-51-31-33-54(34-32-51)75-69(87)53(28-23-37-74-71(73)89)41-59(82)64(46(6)7)76-62(84)36-35-55(80)29-25-39-97-96(91,19-3)95-18-2/h3,20-22,26-27,31-34,45-50,53,56-57,61,64-68,86H,17-18,23-25,28-30,35-44H2,1-2,4-16H3,(H,75,87)(H,76,84)(H3,73,74,89)/t48-,49-,50-,53-,56-,57-,61+,64+,65+,66-,67+,68+,96?/m1/s1. The molecule has 0 radical (unpaired) electrons. The van der Waals surface area contributed by atoms with Crippen molar-refractivity contribution >= 4 is 82.5 Å². The molecule has 0 aromatic heterocycles. The molecule has 3 rings (SSSR count). The molecule has 0 spiro atoms. The maximum Gasteiger partial charge on any atom is 0.410 e. The second-order valence-electron chi connectivity index (χ2n) is 26.8. The number of likely N-dealkylation sites (tertiary alicyclic amines) is 1. The highest BCUT2D eigenvalue weighted by molar-refractivity contribution is 8.58. The van der Waals surface area contributed by atoms with Gasteiger partial charge in [-0.25, -0.2) is 9.59 Å². The molecule has 1 aliphatic heterocycles. The van der Waals surface area contributed by atoms with E-state index in [-0.39, 0.29) is 130 Å². The average Bonchev–Trinajstić information content (AvgIpc) is 1.56. The minimum Gasteiger partial charge on any atom is -0.445 e. The zero-order chi connectivity index (χ0) is 72.9. The van der Waals surface area contributed by atoms with Gasteiger partial charge >= 0.3 is 18.7 Å². The number of ketones is 4. The molecule has 2 aromatic carbocycles. The number of methoxy groups -OCH3 is 2. The van der Waals surface area contributed by atoms with E-state index in [0.717, 1.165) is 16.9 Å². The summed E-state index contributed by atoms with van der Waals surface area (Å²) in [5.74, 6) is -6.04. The van der Waals surface area contributed by atoms with Gasteiger partial charge < -0.3 is 60.2 Å². The molecule has 1 unspecified atom stereocenters. The van der Waals surface area contributed by atoms with Crippen LogP contribution >= 0.6 is 18.0 Å². The molecule has 6 N–H and O–H groups in total. The number of primary amides is 1. The second kappa shape index (κ2) is 42.5. The number of hydrogen-bond donors (Lipinski definition) is 5. The molecule has 542 valence electrons. The van der Waals surface area contributed by atoms with Crippen molar-refractivity contribution in [1.29, 1.82) is 0 Å². The summed E-state index contributed by atoms with van der Waals surface area (Å²) in [5.41, 5.74) is 9.09. The second-order valence-corrected chi connectivity index (χ2v) is 31.2. The van der Waals surface area contributed by atoms with E-state index in [4.69, 9.17) is 30.9 Å². The Balaban J connectivity index is 1.68. The van der Waals surface area contributed by atoms with Gasteiger partial charge in [0.15, 0.2) is 11.6 Å². The first-order chi connectivity index (χ1) is 45.8. The van der Waals surface area contributed by atoms with Gasteiger partial charge in [-0.1, -0.05) is 130 Å². The fourth-order valence-corrected chi connectivity index (χ4v) is 15.6. The lowest BCUT2D eigenvalue weighted by molar-refractivity contribution is -0.149. The topological polar surface area (TPSA) is 317 Å². The van der Waals surface area contributed by atoms with Gasteiger partial charge in [-0.3, -0.25) is 42.9 Å². The summed E-state index contributed by atoms with van der Waals surface area (Å²) < 4.78 is 35.5. The monoisotopic (exact) mass is 1390 g/mol. The van der Waals surface area contributed by atoms with Gasteiger partial charge in [0, 0.05) is 109 Å². The third kappa shape index (κ3) is 26.9. The molecule has 25 heteroatoms. The highest BCUT2D eigenvalue weighted by Gasteiger charge is 2.44. The number of terminal acetylenes is 1. The Morgan fingerprint density at radius 3 is 2.01 bits per heavy atom. The van der Waals surface area contributed by atoms with E-state index in [0.29, 0.717) is 55.7 Å². The number of likely N-dealkylation sites (N-methyl/N-ethyl adjacent to an activating group) is 2. The summed E-state index contributed by atoms with van der Waals surface area (Å²) in [5, 5.41) is 19.1. The van der Waals surface area contributed by atoms with Crippen LogP contribution in [0.4, 0.5) is 15.3 Å². The number of aliphatic hydroxyl groups is 1. The minimum atomic E-state index is -3.27. The van der Waals surface area contributed by atoms with E-state index >= 15 is 0 Å². The van der Waals surface area contributed by atoms with Gasteiger partial charge in [0.1, 0.15) is 18.2 Å². The van der Waals surface area contributed by atoms with Crippen molar-refractivity contribution in [1.82, 2.24) is 25.3 Å². The number of nitrogens with one attached hydrogen (secondary N) is 3. The molecular formula is C72H112N7O16PS. The van der Waals surface area contributed by atoms with Crippen LogP contribution in [0.2, 0.25) is 0 Å². The van der Waals surface area contributed by atoms with Crippen molar-refractivity contribution < 1.29 is 76.4 Å². The fraction of sp³-hybridized carbons (Fsp3) is 0.667. The average molecular weight is 1390 g/mol. The zero-order valence-electron chi connectivity index (χ0n) is 60.0. The minimum absolute atomic E-state index is 0.0585. The van der Waals surface area contributed by atoms with Crippen LogP contribution in [-0.2, 0) is 68.3 Å². The van der Waals surface area contributed by atoms with Crippen LogP contribution in [0, 0.1) is 59.4 Å². The Bertz CT molecular complexity index is 2980. The van der Waals surface area contributed by atoms with Gasteiger partial charge in [0.25, 0.3) is 0 Å². The Labute approximate surface area is 580 Å². The molecule has 13 atom stereocenters. The number of urea groups is 1. The lowest BCUT2D eigenvalue weighted by Crippen LogP contribution is -2.54. The third-order valence-electron chi connectivity index (χ3n) is 18.5. The smallest absolute Gasteiger partial charge is 0.410 e. The number of amides is 7. The number of rotatable bonds is 45. The number of hydrogen-bond acceptors (Lipinski definition) is 17. The highest BCUT2D eigenvalue weighted by atomic mass is 32.7. The molecule has 0 bridgehead atoms. The number of carbonyl (C=O) groups excluding carboxylic acids is 10. The van der Waals surface area contributed by atoms with Crippen molar-refractivity contribution in [2.75, 3.05) is 59.1 Å². The Morgan fingerprint density at radius 2 is 1.44 bits per heavy atom. The zero-order valence-corrected chi connectivity index (χ0v) is 61.7. The maximum absolute atomic E-state index is 14.9. The van der Waals surface area contributed by atoms with Crippen LogP contribution in [0.15, 0.2) is 54.6 Å². The van der Waals surface area contributed by atoms with E-state index in [1.54, 1.807) is 82.8 Å². The fourth-order valence-electron chi connectivity index (χ4n) is 12.7. The van der Waals surface area contributed by atoms with Crippen molar-refractivity contribution in [3.63, 3.8) is 0 Å². The third-order valence-corrected chi connectivity index (χ3v) is 22.4. The number of anilines is 1. The van der Waals surface area contributed by atoms with E-state index in [1.807, 2.05) is 71.9 Å². The van der Waals surface area contributed by atoms with Crippen molar-refractivity contribution in [3.05, 3.63) is 65.7 Å². The molecule has 0 aliphatic carbocycles. The summed E-state index contributed by atoms with van der Waals surface area (Å²) in [6.45, 7) is 17.5. The number of ether oxygens (including phenoxy) is 3. The summed E-state index contributed by atoms with van der Waals surface area (Å²) >= 11 is 0.987. The molecule has 97 heavy (non-hydrogen) atoms. The number of nitrogens with two attached hydrogens (primary N) is 1. The van der Waals surface area contributed by atoms with Crippen LogP contribution in [-0.4, -0.2) is 169 Å². The highest BCUT2D eigenvalue weighted by Crippen LogP contribution is 2.58. The van der Waals surface area contributed by atoms with Gasteiger partial charge in [-0.05, 0) is 97.5 Å². The van der Waals surface area contributed by atoms with E-state index in [1.165, 1.54) is 19.1 Å².